The Morgan fingerprint density at radius 3 is 2.62 bits per heavy atom. The minimum atomic E-state index is -0.209. The summed E-state index contributed by atoms with van der Waals surface area (Å²) in [5, 5.41) is 5.03. The van der Waals surface area contributed by atoms with Crippen molar-refractivity contribution in [2.45, 2.75) is 32.1 Å². The summed E-state index contributed by atoms with van der Waals surface area (Å²) in [6, 6.07) is 14.9. The van der Waals surface area contributed by atoms with E-state index in [4.69, 9.17) is 0 Å². The highest BCUT2D eigenvalue weighted by Gasteiger charge is 2.33. The Bertz CT molecular complexity index is 916. The van der Waals surface area contributed by atoms with Crippen LogP contribution in [0.3, 0.4) is 0 Å². The van der Waals surface area contributed by atoms with Crippen molar-refractivity contribution in [3.05, 3.63) is 76.3 Å². The van der Waals surface area contributed by atoms with Gasteiger partial charge in [-0.15, -0.1) is 0 Å². The van der Waals surface area contributed by atoms with E-state index in [-0.39, 0.29) is 11.2 Å². The molecule has 122 valence electrons. The van der Waals surface area contributed by atoms with Crippen LogP contribution < -0.4 is 10.3 Å². The lowest BCUT2D eigenvalue weighted by atomic mass is 10.2. The van der Waals surface area contributed by atoms with E-state index in [0.29, 0.717) is 18.1 Å². The van der Waals surface area contributed by atoms with Crippen LogP contribution in [0, 0.1) is 5.82 Å². The Labute approximate surface area is 139 Å². The molecule has 1 unspecified atom stereocenters. The Kier molecular flexibility index (Phi) is 3.86. The molecule has 1 aliphatic carbocycles. The van der Waals surface area contributed by atoms with Gasteiger partial charge in [-0.05, 0) is 24.3 Å². The van der Waals surface area contributed by atoms with E-state index < -0.39 is 0 Å². The minimum Gasteiger partial charge on any atom is -0.310 e. The number of aromatic nitrogens is 2. The maximum absolute atomic E-state index is 13.1. The molecule has 1 heterocycles. The zero-order valence-corrected chi connectivity index (χ0v) is 13.3. The molecule has 1 saturated carbocycles. The summed E-state index contributed by atoms with van der Waals surface area (Å²) in [7, 11) is 0. The summed E-state index contributed by atoms with van der Waals surface area (Å²) >= 11 is 0. The van der Waals surface area contributed by atoms with E-state index in [1.54, 1.807) is 0 Å². The van der Waals surface area contributed by atoms with Crippen molar-refractivity contribution in [2.24, 2.45) is 0 Å². The molecule has 24 heavy (non-hydrogen) atoms. The summed E-state index contributed by atoms with van der Waals surface area (Å²) in [5.74, 6) is -0.209. The lowest BCUT2D eigenvalue weighted by molar-refractivity contribution is -0.947. The van der Waals surface area contributed by atoms with Crippen LogP contribution in [0.15, 0.2) is 59.5 Å². The van der Waals surface area contributed by atoms with Crippen molar-refractivity contribution in [1.29, 1.82) is 0 Å². The molecule has 0 radical (unpaired) electrons. The smallest absolute Gasteiger partial charge is 0.207 e. The topological polar surface area (TPSA) is 39.3 Å². The summed E-state index contributed by atoms with van der Waals surface area (Å²) in [4.78, 5) is 13.4. The molecule has 4 rings (SSSR count). The maximum atomic E-state index is 13.1. The lowest BCUT2D eigenvalue weighted by Gasteiger charge is -2.21. The molecule has 1 aliphatic rings. The molecule has 5 heteroatoms. The zero-order chi connectivity index (χ0) is 16.5. The van der Waals surface area contributed by atoms with E-state index in [1.807, 2.05) is 41.1 Å². The summed E-state index contributed by atoms with van der Waals surface area (Å²) < 4.78 is 15.0. The minimum absolute atomic E-state index is 0.0478. The second-order valence-corrected chi connectivity index (χ2v) is 6.42. The molecule has 0 saturated heterocycles. The van der Waals surface area contributed by atoms with E-state index in [2.05, 4.69) is 5.10 Å². The van der Waals surface area contributed by atoms with Gasteiger partial charge in [-0.1, -0.05) is 24.3 Å². The predicted molar refractivity (Wildman–Crippen MR) is 90.1 cm³/mol. The first-order valence-electron chi connectivity index (χ1n) is 8.24. The highest BCUT2D eigenvalue weighted by atomic mass is 19.1. The van der Waals surface area contributed by atoms with Crippen LogP contribution in [-0.2, 0) is 13.2 Å². The molecule has 1 atom stereocenters. The maximum Gasteiger partial charge on any atom is 0.207 e. The van der Waals surface area contributed by atoms with Gasteiger partial charge < -0.3 is 4.90 Å². The van der Waals surface area contributed by atoms with Gasteiger partial charge in [0.15, 0.2) is 6.67 Å². The number of nitrogens with zero attached hydrogens (tertiary/aromatic N) is 2. The Balaban J connectivity index is 1.63. The van der Waals surface area contributed by atoms with Gasteiger partial charge in [-0.3, -0.25) is 4.79 Å². The highest BCUT2D eigenvalue weighted by molar-refractivity contribution is 5.77. The van der Waals surface area contributed by atoms with Gasteiger partial charge in [0.2, 0.25) is 5.43 Å². The largest absolute Gasteiger partial charge is 0.310 e. The van der Waals surface area contributed by atoms with Gasteiger partial charge in [0, 0.05) is 23.8 Å². The molecular formula is C19H19FN3O+. The predicted octanol–water partition coefficient (Wildman–Crippen LogP) is 1.74. The fourth-order valence-electron chi connectivity index (χ4n) is 3.16. The lowest BCUT2D eigenvalue weighted by Crippen LogP contribution is -3.11. The Morgan fingerprint density at radius 2 is 1.88 bits per heavy atom. The van der Waals surface area contributed by atoms with E-state index in [0.717, 1.165) is 17.6 Å². The molecule has 1 N–H and O–H groups in total. The number of nitrogens with one attached hydrogen (secondary N) is 1. The van der Waals surface area contributed by atoms with Crippen LogP contribution >= 0.6 is 0 Å². The fourth-order valence-corrected chi connectivity index (χ4v) is 3.16. The first-order valence-corrected chi connectivity index (χ1v) is 8.24. The summed E-state index contributed by atoms with van der Waals surface area (Å²) in [6.07, 6.45) is 3.80. The van der Waals surface area contributed by atoms with Crippen LogP contribution in [0.2, 0.25) is 0 Å². The molecule has 3 aromatic rings. The van der Waals surface area contributed by atoms with Gasteiger partial charge >= 0.3 is 0 Å². The zero-order valence-electron chi connectivity index (χ0n) is 13.3. The van der Waals surface area contributed by atoms with Crippen LogP contribution in [0.1, 0.15) is 18.4 Å². The van der Waals surface area contributed by atoms with Crippen LogP contribution in [-0.4, -0.2) is 15.8 Å². The first-order chi connectivity index (χ1) is 11.7. The third-order valence-corrected chi connectivity index (χ3v) is 4.61. The molecule has 1 fully saturated rings. The number of quaternary nitrogens is 1. The third-order valence-electron chi connectivity index (χ3n) is 4.61. The van der Waals surface area contributed by atoms with Gasteiger partial charge in [-0.25, -0.2) is 9.07 Å². The summed E-state index contributed by atoms with van der Waals surface area (Å²) in [6.45, 7) is 1.52. The number of halogens is 1. The van der Waals surface area contributed by atoms with Crippen molar-refractivity contribution in [3.63, 3.8) is 0 Å². The van der Waals surface area contributed by atoms with Crippen LogP contribution in [0.5, 0.6) is 0 Å². The first kappa shape index (κ1) is 15.0. The SMILES string of the molecule is O=c1cnn(C[NH+](Cc2ccc(F)cc2)C2CC2)c2ccccc12. The van der Waals surface area contributed by atoms with Gasteiger partial charge in [0.05, 0.1) is 17.8 Å². The number of benzene rings is 2. The molecule has 0 amide bonds. The van der Waals surface area contributed by atoms with Crippen molar-refractivity contribution >= 4 is 10.9 Å². The monoisotopic (exact) mass is 324 g/mol. The Hall–Kier alpha value is -2.53. The van der Waals surface area contributed by atoms with Crippen LogP contribution in [0.4, 0.5) is 4.39 Å². The number of rotatable bonds is 5. The van der Waals surface area contributed by atoms with E-state index in [1.165, 1.54) is 36.1 Å². The fraction of sp³-hybridized carbons (Fsp3) is 0.263. The third kappa shape index (κ3) is 3.08. The number of hydrogen-bond donors (Lipinski definition) is 1. The molecule has 0 spiro atoms. The average molecular weight is 324 g/mol. The van der Waals surface area contributed by atoms with E-state index >= 15 is 0 Å². The molecule has 4 nitrogen and oxygen atoms in total. The van der Waals surface area contributed by atoms with Crippen molar-refractivity contribution in [1.82, 2.24) is 9.78 Å². The van der Waals surface area contributed by atoms with Gasteiger partial charge in [0.25, 0.3) is 0 Å². The molecule has 2 aromatic carbocycles. The average Bonchev–Trinajstić information content (AvgIpc) is 3.44. The standard InChI is InChI=1S/C19H18FN3O/c20-15-7-5-14(6-8-15)12-22(16-9-10-16)13-23-18-4-2-1-3-17(18)19(24)11-21-23/h1-8,11,16H,9-10,12-13H2/p+1. The molecule has 0 aliphatic heterocycles. The quantitative estimate of drug-likeness (QED) is 0.776. The highest BCUT2D eigenvalue weighted by Crippen LogP contribution is 2.16. The Morgan fingerprint density at radius 1 is 1.12 bits per heavy atom. The molecule has 0 bridgehead atoms. The van der Waals surface area contributed by atoms with Gasteiger partial charge in [-0.2, -0.15) is 5.10 Å². The second kappa shape index (κ2) is 6.17. The summed E-state index contributed by atoms with van der Waals surface area (Å²) in [5.41, 5.74) is 1.93. The number of fused-ring (bicyclic) bond motifs is 1. The molecular weight excluding hydrogens is 305 g/mol. The van der Waals surface area contributed by atoms with Crippen molar-refractivity contribution in [3.8, 4) is 0 Å². The van der Waals surface area contributed by atoms with E-state index in [9.17, 15) is 9.18 Å². The normalized spacial score (nSPS) is 15.5. The second-order valence-electron chi connectivity index (χ2n) is 6.42. The van der Waals surface area contributed by atoms with Gasteiger partial charge in [0.1, 0.15) is 12.4 Å². The van der Waals surface area contributed by atoms with Crippen molar-refractivity contribution in [2.75, 3.05) is 0 Å². The number of para-hydroxylation sites is 1. The number of hydrogen-bond acceptors (Lipinski definition) is 2. The van der Waals surface area contributed by atoms with Crippen LogP contribution in [0.25, 0.3) is 10.9 Å². The van der Waals surface area contributed by atoms with Crippen molar-refractivity contribution < 1.29 is 9.29 Å². The molecule has 1 aromatic heterocycles.